The number of nitrogens with zero attached hydrogens (tertiary/aromatic N) is 1. The lowest BCUT2D eigenvalue weighted by atomic mass is 9.73. The highest BCUT2D eigenvalue weighted by atomic mass is 32.1. The van der Waals surface area contributed by atoms with Crippen LogP contribution in [0.2, 0.25) is 0 Å². The highest BCUT2D eigenvalue weighted by Gasteiger charge is 2.31. The topological polar surface area (TPSA) is 33.7 Å². The highest BCUT2D eigenvalue weighted by Crippen LogP contribution is 2.40. The third kappa shape index (κ3) is 12.7. The van der Waals surface area contributed by atoms with E-state index in [0.717, 1.165) is 53.8 Å². The molecule has 228 valence electrons. The van der Waals surface area contributed by atoms with Crippen molar-refractivity contribution in [2.45, 2.75) is 87.0 Å². The van der Waals surface area contributed by atoms with Crippen molar-refractivity contribution in [3.63, 3.8) is 0 Å². The van der Waals surface area contributed by atoms with Crippen molar-refractivity contribution in [1.82, 2.24) is 10.2 Å². The van der Waals surface area contributed by atoms with Gasteiger partial charge in [0.1, 0.15) is 11.5 Å². The van der Waals surface area contributed by atoms with E-state index in [-0.39, 0.29) is 0 Å². The molecule has 0 spiro atoms. The summed E-state index contributed by atoms with van der Waals surface area (Å²) in [5, 5.41) is 3.14. The predicted octanol–water partition coefficient (Wildman–Crippen LogP) is 9.41. The molecule has 1 fully saturated rings. The molecule has 0 atom stereocenters. The number of nitrogens with one attached hydrogen (secondary N) is 1. The summed E-state index contributed by atoms with van der Waals surface area (Å²) in [6, 6.07) is 14.5. The number of allylic oxidation sites excluding steroid dienone is 1. The largest absolute Gasteiger partial charge is 0.496 e. The summed E-state index contributed by atoms with van der Waals surface area (Å²) in [6.07, 6.45) is 11.8. The molecule has 4 nitrogen and oxygen atoms in total. The minimum absolute atomic E-state index is 0.566. The lowest BCUT2D eigenvalue weighted by molar-refractivity contribution is 0.113. The molecule has 0 radical (unpaired) electrons. The average molecular weight is 581 g/mol. The Morgan fingerprint density at radius 3 is 2.34 bits per heavy atom. The summed E-state index contributed by atoms with van der Waals surface area (Å²) in [5.41, 5.74) is 5.23. The van der Waals surface area contributed by atoms with Gasteiger partial charge in [-0.1, -0.05) is 89.7 Å². The average Bonchev–Trinajstić information content (AvgIpc) is 2.99. The second-order valence-electron chi connectivity index (χ2n) is 10.4. The Hall–Kier alpha value is -2.79. The molecule has 0 aromatic heterocycles. The van der Waals surface area contributed by atoms with Crippen molar-refractivity contribution < 1.29 is 9.47 Å². The van der Waals surface area contributed by atoms with E-state index < -0.39 is 0 Å². The molecule has 1 saturated heterocycles. The molecule has 3 rings (SSSR count). The Morgan fingerprint density at radius 2 is 1.76 bits per heavy atom. The van der Waals surface area contributed by atoms with Gasteiger partial charge < -0.3 is 19.7 Å². The van der Waals surface area contributed by atoms with Gasteiger partial charge in [-0.25, -0.2) is 0 Å². The van der Waals surface area contributed by atoms with Gasteiger partial charge >= 0.3 is 0 Å². The highest BCUT2D eigenvalue weighted by molar-refractivity contribution is 7.80. The monoisotopic (exact) mass is 580 g/mol. The minimum atomic E-state index is 0.566. The number of para-hydroxylation sites is 1. The Bertz CT molecular complexity index is 1070. The van der Waals surface area contributed by atoms with Crippen LogP contribution in [0.1, 0.15) is 90.3 Å². The SMILES string of the molecule is C=C(/C=C/c1ccccc1OCC)N1CCC(CC)(CCC)CC1.CC.COc1cc(CCNC(C)=S)ccc1C. The molecule has 0 bridgehead atoms. The van der Waals surface area contributed by atoms with Crippen LogP contribution in [0.25, 0.3) is 6.08 Å². The summed E-state index contributed by atoms with van der Waals surface area (Å²) in [7, 11) is 1.70. The maximum absolute atomic E-state index is 5.69. The van der Waals surface area contributed by atoms with Crippen LogP contribution in [0.4, 0.5) is 0 Å². The van der Waals surface area contributed by atoms with Gasteiger partial charge in [0.15, 0.2) is 0 Å². The van der Waals surface area contributed by atoms with Crippen LogP contribution in [0.3, 0.4) is 0 Å². The third-order valence-corrected chi connectivity index (χ3v) is 7.84. The van der Waals surface area contributed by atoms with Crippen molar-refractivity contribution in [2.24, 2.45) is 5.41 Å². The van der Waals surface area contributed by atoms with Gasteiger partial charge in [-0.3, -0.25) is 0 Å². The maximum Gasteiger partial charge on any atom is 0.126 e. The van der Waals surface area contributed by atoms with Gasteiger partial charge in [-0.2, -0.15) is 0 Å². The van der Waals surface area contributed by atoms with Crippen molar-refractivity contribution in [2.75, 3.05) is 33.4 Å². The summed E-state index contributed by atoms with van der Waals surface area (Å²) in [4.78, 5) is 3.28. The van der Waals surface area contributed by atoms with Crippen LogP contribution in [-0.4, -0.2) is 43.2 Å². The molecule has 1 N–H and O–H groups in total. The molecule has 0 saturated carbocycles. The van der Waals surface area contributed by atoms with Crippen molar-refractivity contribution >= 4 is 23.3 Å². The molecule has 0 aliphatic carbocycles. The lowest BCUT2D eigenvalue weighted by Crippen LogP contribution is -2.38. The fourth-order valence-corrected chi connectivity index (χ4v) is 5.28. The molecule has 2 aromatic rings. The summed E-state index contributed by atoms with van der Waals surface area (Å²) >= 11 is 4.94. The fourth-order valence-electron chi connectivity index (χ4n) is 5.18. The van der Waals surface area contributed by atoms with Crippen LogP contribution < -0.4 is 14.8 Å². The van der Waals surface area contributed by atoms with Crippen molar-refractivity contribution in [3.05, 3.63) is 77.5 Å². The molecule has 1 aliphatic heterocycles. The van der Waals surface area contributed by atoms with Gasteiger partial charge in [0, 0.05) is 30.9 Å². The van der Waals surface area contributed by atoms with Crippen LogP contribution >= 0.6 is 12.2 Å². The van der Waals surface area contributed by atoms with Crippen LogP contribution in [0.15, 0.2) is 60.8 Å². The first-order chi connectivity index (χ1) is 19.8. The normalized spacial score (nSPS) is 13.8. The van der Waals surface area contributed by atoms with E-state index >= 15 is 0 Å². The smallest absolute Gasteiger partial charge is 0.126 e. The molecule has 0 amide bonds. The van der Waals surface area contributed by atoms with E-state index in [1.807, 2.05) is 52.8 Å². The quantitative estimate of drug-likeness (QED) is 0.200. The van der Waals surface area contributed by atoms with E-state index in [1.54, 1.807) is 7.11 Å². The molecule has 41 heavy (non-hydrogen) atoms. The summed E-state index contributed by atoms with van der Waals surface area (Å²) in [5.74, 6) is 1.89. The molecule has 1 aliphatic rings. The molecular formula is C36H56N2O2S. The van der Waals surface area contributed by atoms with Gasteiger partial charge in [0.25, 0.3) is 0 Å². The Morgan fingerprint density at radius 1 is 1.07 bits per heavy atom. The fraction of sp³-hybridized carbons (Fsp3) is 0.528. The zero-order valence-electron chi connectivity index (χ0n) is 27.1. The number of hydrogen-bond donors (Lipinski definition) is 1. The van der Waals surface area contributed by atoms with E-state index in [0.29, 0.717) is 12.0 Å². The van der Waals surface area contributed by atoms with Gasteiger partial charge in [-0.05, 0) is 87.3 Å². The lowest BCUT2D eigenvalue weighted by Gasteiger charge is -2.42. The number of aryl methyl sites for hydroxylation is 1. The summed E-state index contributed by atoms with van der Waals surface area (Å²) < 4.78 is 11.0. The molecule has 5 heteroatoms. The van der Waals surface area contributed by atoms with Crippen LogP contribution in [0, 0.1) is 12.3 Å². The van der Waals surface area contributed by atoms with E-state index in [4.69, 9.17) is 21.7 Å². The second kappa shape index (κ2) is 20.1. The predicted molar refractivity (Wildman–Crippen MR) is 183 cm³/mol. The number of methoxy groups -OCH3 is 1. The number of ether oxygens (including phenoxy) is 2. The first kappa shape index (κ1) is 36.2. The molecule has 2 aromatic carbocycles. The van der Waals surface area contributed by atoms with Crippen LogP contribution in [-0.2, 0) is 6.42 Å². The van der Waals surface area contributed by atoms with E-state index in [1.165, 1.54) is 43.2 Å². The Balaban J connectivity index is 0.000000425. The van der Waals surface area contributed by atoms with E-state index in [9.17, 15) is 0 Å². The minimum Gasteiger partial charge on any atom is -0.496 e. The standard InChI is InChI=1S/C22H33NO.C12H17NOS.C2H6/c1-5-14-22(6-2)15-17-23(18-16-22)19(4)12-13-20-10-8-9-11-21(20)24-7-3;1-9-4-5-11(8-12(9)14-3)6-7-13-10(2)15;1-2/h8-13H,4-7,14-18H2,1-3H3;4-5,8H,6-7H2,1-3H3,(H,13,15);1-2H3/b13-12+;;. The summed E-state index contributed by atoms with van der Waals surface area (Å²) in [6.45, 7) is 22.7. The van der Waals surface area contributed by atoms with Crippen molar-refractivity contribution in [1.29, 1.82) is 0 Å². The number of thiocarbonyl (C=S) groups is 1. The van der Waals surface area contributed by atoms with Gasteiger partial charge in [-0.15, -0.1) is 0 Å². The number of rotatable bonds is 12. The zero-order valence-corrected chi connectivity index (χ0v) is 28.0. The molecule has 0 unspecified atom stereocenters. The molecule has 1 heterocycles. The Labute approximate surface area is 257 Å². The molecular weight excluding hydrogens is 524 g/mol. The second-order valence-corrected chi connectivity index (χ2v) is 11.0. The maximum atomic E-state index is 5.69. The first-order valence-electron chi connectivity index (χ1n) is 15.5. The number of piperidine rings is 1. The zero-order chi connectivity index (χ0) is 30.7. The van der Waals surface area contributed by atoms with Crippen LogP contribution in [0.5, 0.6) is 11.5 Å². The number of likely N-dealkylation sites (tertiary alicyclic amines) is 1. The first-order valence-corrected chi connectivity index (χ1v) is 15.9. The third-order valence-electron chi connectivity index (χ3n) is 7.69. The van der Waals surface area contributed by atoms with E-state index in [2.05, 4.69) is 67.1 Å². The number of hydrogen-bond acceptors (Lipinski definition) is 4. The Kier molecular flexibility index (Phi) is 17.8. The van der Waals surface area contributed by atoms with Crippen molar-refractivity contribution in [3.8, 4) is 11.5 Å². The van der Waals surface area contributed by atoms with Gasteiger partial charge in [0.2, 0.25) is 0 Å². The number of benzene rings is 2. The van der Waals surface area contributed by atoms with Gasteiger partial charge in [0.05, 0.1) is 18.7 Å².